The predicted octanol–water partition coefficient (Wildman–Crippen LogP) is 2.07. The Bertz CT molecular complexity index is 797. The molecule has 0 spiro atoms. The number of primary amides is 1. The van der Waals surface area contributed by atoms with Crippen molar-refractivity contribution in [3.8, 4) is 0 Å². The zero-order chi connectivity index (χ0) is 18.4. The molecule has 1 atom stereocenters. The number of benzene rings is 2. The molecule has 0 bridgehead atoms. The van der Waals surface area contributed by atoms with Gasteiger partial charge in [0, 0.05) is 5.56 Å². The van der Waals surface area contributed by atoms with Gasteiger partial charge in [0.2, 0.25) is 11.8 Å². The first kappa shape index (κ1) is 18.8. The van der Waals surface area contributed by atoms with Crippen LogP contribution in [0.25, 0.3) is 0 Å². The Morgan fingerprint density at radius 3 is 2.28 bits per heavy atom. The molecule has 0 heterocycles. The van der Waals surface area contributed by atoms with Gasteiger partial charge in [0.1, 0.15) is 6.04 Å². The van der Waals surface area contributed by atoms with Gasteiger partial charge in [0.25, 0.3) is 5.91 Å². The van der Waals surface area contributed by atoms with Crippen molar-refractivity contribution in [3.05, 3.63) is 69.7 Å². The Morgan fingerprint density at radius 1 is 1.00 bits per heavy atom. The maximum atomic E-state index is 12.0. The lowest BCUT2D eigenvalue weighted by atomic mass is 10.1. The van der Waals surface area contributed by atoms with Crippen molar-refractivity contribution in [1.82, 2.24) is 10.6 Å². The number of hydrogen-bond acceptors (Lipinski definition) is 3. The van der Waals surface area contributed by atoms with Crippen LogP contribution in [-0.2, 0) is 9.59 Å². The van der Waals surface area contributed by atoms with E-state index in [1.807, 2.05) is 0 Å². The SMILES string of the molecule is NC(=O)C(NC(=O)CNC(=O)c1ccc(Cl)c(Cl)c1)c1ccccc1. The highest BCUT2D eigenvalue weighted by molar-refractivity contribution is 6.42. The minimum absolute atomic E-state index is 0.233. The smallest absolute Gasteiger partial charge is 0.251 e. The topological polar surface area (TPSA) is 101 Å². The molecule has 0 aromatic heterocycles. The van der Waals surface area contributed by atoms with E-state index in [1.165, 1.54) is 18.2 Å². The van der Waals surface area contributed by atoms with E-state index in [-0.39, 0.29) is 17.1 Å². The maximum Gasteiger partial charge on any atom is 0.251 e. The molecule has 4 N–H and O–H groups in total. The van der Waals surface area contributed by atoms with Crippen molar-refractivity contribution in [1.29, 1.82) is 0 Å². The molecule has 6 nitrogen and oxygen atoms in total. The highest BCUT2D eigenvalue weighted by Gasteiger charge is 2.20. The fourth-order valence-corrected chi connectivity index (χ4v) is 2.37. The molecule has 8 heteroatoms. The predicted molar refractivity (Wildman–Crippen MR) is 95.3 cm³/mol. The summed E-state index contributed by atoms with van der Waals surface area (Å²) in [5, 5.41) is 5.48. The molecule has 0 fully saturated rings. The summed E-state index contributed by atoms with van der Waals surface area (Å²) in [5.74, 6) is -1.75. The minimum atomic E-state index is -0.976. The molecule has 0 radical (unpaired) electrons. The zero-order valence-electron chi connectivity index (χ0n) is 13.0. The third-order valence-electron chi connectivity index (χ3n) is 3.31. The number of carbonyl (C=O) groups excluding carboxylic acids is 3. The van der Waals surface area contributed by atoms with Crippen LogP contribution in [0.2, 0.25) is 10.0 Å². The average Bonchev–Trinajstić information content (AvgIpc) is 2.60. The summed E-state index contributed by atoms with van der Waals surface area (Å²) in [4.78, 5) is 35.6. The first-order valence-electron chi connectivity index (χ1n) is 7.25. The molecule has 0 saturated heterocycles. The molecule has 2 aromatic carbocycles. The van der Waals surface area contributed by atoms with E-state index in [2.05, 4.69) is 10.6 Å². The van der Waals surface area contributed by atoms with Crippen molar-refractivity contribution >= 4 is 40.9 Å². The van der Waals surface area contributed by atoms with E-state index in [9.17, 15) is 14.4 Å². The Labute approximate surface area is 154 Å². The molecule has 0 saturated carbocycles. The van der Waals surface area contributed by atoms with Crippen LogP contribution >= 0.6 is 23.2 Å². The first-order chi connectivity index (χ1) is 11.9. The van der Waals surface area contributed by atoms with Crippen molar-refractivity contribution in [2.75, 3.05) is 6.54 Å². The molecule has 1 unspecified atom stereocenters. The molecule has 2 aromatic rings. The van der Waals surface area contributed by atoms with E-state index in [1.54, 1.807) is 30.3 Å². The number of halogens is 2. The lowest BCUT2D eigenvalue weighted by molar-refractivity contribution is -0.126. The Morgan fingerprint density at radius 2 is 1.68 bits per heavy atom. The van der Waals surface area contributed by atoms with Crippen molar-refractivity contribution in [2.45, 2.75) is 6.04 Å². The fraction of sp³-hybridized carbons (Fsp3) is 0.118. The van der Waals surface area contributed by atoms with E-state index in [4.69, 9.17) is 28.9 Å². The standard InChI is InChI=1S/C17H15Cl2N3O3/c18-12-7-6-11(8-13(12)19)17(25)21-9-14(23)22-15(16(20)24)10-4-2-1-3-5-10/h1-8,15H,9H2,(H2,20,24)(H,21,25)(H,22,23). The van der Waals surface area contributed by atoms with Crippen LogP contribution in [0, 0.1) is 0 Å². The maximum absolute atomic E-state index is 12.0. The quantitative estimate of drug-likeness (QED) is 0.715. The van der Waals surface area contributed by atoms with Crippen LogP contribution in [0.1, 0.15) is 22.0 Å². The average molecular weight is 380 g/mol. The molecular formula is C17H15Cl2N3O3. The van der Waals surface area contributed by atoms with E-state index in [0.29, 0.717) is 10.6 Å². The lowest BCUT2D eigenvalue weighted by Crippen LogP contribution is -2.42. The third kappa shape index (κ3) is 5.20. The third-order valence-corrected chi connectivity index (χ3v) is 4.05. The fourth-order valence-electron chi connectivity index (χ4n) is 2.08. The van der Waals surface area contributed by atoms with E-state index >= 15 is 0 Å². The number of rotatable bonds is 6. The molecule has 130 valence electrons. The van der Waals surface area contributed by atoms with Gasteiger partial charge >= 0.3 is 0 Å². The summed E-state index contributed by atoms with van der Waals surface area (Å²) < 4.78 is 0. The Hall–Kier alpha value is -2.57. The van der Waals surface area contributed by atoms with Crippen LogP contribution < -0.4 is 16.4 Å². The van der Waals surface area contributed by atoms with Crippen molar-refractivity contribution in [3.63, 3.8) is 0 Å². The normalized spacial score (nSPS) is 11.4. The van der Waals surface area contributed by atoms with Gasteiger partial charge in [0.15, 0.2) is 0 Å². The van der Waals surface area contributed by atoms with Crippen molar-refractivity contribution in [2.24, 2.45) is 5.73 Å². The lowest BCUT2D eigenvalue weighted by Gasteiger charge is -2.16. The summed E-state index contributed by atoms with van der Waals surface area (Å²) in [7, 11) is 0. The summed E-state index contributed by atoms with van der Waals surface area (Å²) in [6, 6.07) is 12.0. The number of hydrogen-bond donors (Lipinski definition) is 3. The monoisotopic (exact) mass is 379 g/mol. The minimum Gasteiger partial charge on any atom is -0.368 e. The number of nitrogens with one attached hydrogen (secondary N) is 2. The molecule has 2 rings (SSSR count). The molecular weight excluding hydrogens is 365 g/mol. The molecule has 0 aliphatic heterocycles. The van der Waals surface area contributed by atoms with Gasteiger partial charge in [-0.1, -0.05) is 53.5 Å². The van der Waals surface area contributed by atoms with Gasteiger partial charge in [-0.2, -0.15) is 0 Å². The summed E-state index contributed by atoms with van der Waals surface area (Å²) in [6.07, 6.45) is 0. The van der Waals surface area contributed by atoms with Gasteiger partial charge in [-0.3, -0.25) is 14.4 Å². The second-order valence-electron chi connectivity index (χ2n) is 5.13. The van der Waals surface area contributed by atoms with Crippen LogP contribution in [0.15, 0.2) is 48.5 Å². The van der Waals surface area contributed by atoms with Gasteiger partial charge in [-0.05, 0) is 23.8 Å². The van der Waals surface area contributed by atoms with Gasteiger partial charge in [-0.15, -0.1) is 0 Å². The van der Waals surface area contributed by atoms with Gasteiger partial charge in [-0.25, -0.2) is 0 Å². The van der Waals surface area contributed by atoms with Crippen LogP contribution in [0.4, 0.5) is 0 Å². The highest BCUT2D eigenvalue weighted by atomic mass is 35.5. The first-order valence-corrected chi connectivity index (χ1v) is 8.01. The van der Waals surface area contributed by atoms with Gasteiger partial charge in [0.05, 0.1) is 16.6 Å². The molecule has 0 aliphatic carbocycles. The summed E-state index contributed by atoms with van der Waals surface area (Å²) in [6.45, 7) is -0.324. The number of nitrogens with two attached hydrogens (primary N) is 1. The summed E-state index contributed by atoms with van der Waals surface area (Å²) >= 11 is 11.6. The van der Waals surface area contributed by atoms with Crippen molar-refractivity contribution < 1.29 is 14.4 Å². The molecule has 25 heavy (non-hydrogen) atoms. The number of carbonyl (C=O) groups is 3. The molecule has 0 aliphatic rings. The largest absolute Gasteiger partial charge is 0.368 e. The Kier molecular flexibility index (Phi) is 6.38. The van der Waals surface area contributed by atoms with E-state index < -0.39 is 23.8 Å². The highest BCUT2D eigenvalue weighted by Crippen LogP contribution is 2.22. The Balaban J connectivity index is 1.96. The number of amides is 3. The van der Waals surface area contributed by atoms with E-state index in [0.717, 1.165) is 0 Å². The summed E-state index contributed by atoms with van der Waals surface area (Å²) in [5.41, 5.74) is 6.14. The zero-order valence-corrected chi connectivity index (χ0v) is 14.5. The molecule has 3 amide bonds. The second kappa shape index (κ2) is 8.50. The second-order valence-corrected chi connectivity index (χ2v) is 5.94. The van der Waals surface area contributed by atoms with Gasteiger partial charge < -0.3 is 16.4 Å². The van der Waals surface area contributed by atoms with Crippen LogP contribution in [-0.4, -0.2) is 24.3 Å². The van der Waals surface area contributed by atoms with Crippen LogP contribution in [0.5, 0.6) is 0 Å². The van der Waals surface area contributed by atoms with Crippen LogP contribution in [0.3, 0.4) is 0 Å².